The molecule has 0 radical (unpaired) electrons. The van der Waals surface area contributed by atoms with E-state index in [9.17, 15) is 15.0 Å². The molecule has 6 nitrogen and oxygen atoms in total. The van der Waals surface area contributed by atoms with Crippen molar-refractivity contribution in [3.05, 3.63) is 54.1 Å². The first-order valence-corrected chi connectivity index (χ1v) is 7.10. The van der Waals surface area contributed by atoms with Gasteiger partial charge in [0.2, 0.25) is 0 Å². The number of aliphatic hydroxyl groups excluding tert-OH is 1. The van der Waals surface area contributed by atoms with Gasteiger partial charge in [0.15, 0.2) is 0 Å². The highest BCUT2D eigenvalue weighted by Gasteiger charge is 2.33. The molecule has 3 unspecified atom stereocenters. The van der Waals surface area contributed by atoms with Crippen molar-refractivity contribution in [1.29, 1.82) is 0 Å². The second-order valence-corrected chi connectivity index (χ2v) is 5.23. The quantitative estimate of drug-likeness (QED) is 0.691. The van der Waals surface area contributed by atoms with Gasteiger partial charge >= 0.3 is 5.97 Å². The third-order valence-corrected chi connectivity index (χ3v) is 3.65. The summed E-state index contributed by atoms with van der Waals surface area (Å²) in [4.78, 5) is 18.2. The van der Waals surface area contributed by atoms with Crippen molar-refractivity contribution in [2.75, 3.05) is 6.61 Å². The van der Waals surface area contributed by atoms with Gasteiger partial charge in [-0.25, -0.2) is 4.98 Å². The van der Waals surface area contributed by atoms with E-state index in [1.807, 2.05) is 30.3 Å². The van der Waals surface area contributed by atoms with Crippen LogP contribution < -0.4 is 0 Å². The van der Waals surface area contributed by atoms with Crippen molar-refractivity contribution in [3.63, 3.8) is 0 Å². The monoisotopic (exact) mass is 304 g/mol. The molecule has 6 heteroatoms. The third kappa shape index (κ3) is 4.16. The summed E-state index contributed by atoms with van der Waals surface area (Å²) in [6.07, 6.45) is 1.96. The number of imidazole rings is 1. The van der Waals surface area contributed by atoms with Crippen LogP contribution in [0.25, 0.3) is 0 Å². The van der Waals surface area contributed by atoms with Crippen LogP contribution in [0.2, 0.25) is 0 Å². The number of hydrogen-bond donors (Lipinski definition) is 3. The first-order valence-electron chi connectivity index (χ1n) is 7.10. The van der Waals surface area contributed by atoms with Gasteiger partial charge in [-0.15, -0.1) is 0 Å². The van der Waals surface area contributed by atoms with Gasteiger partial charge in [-0.1, -0.05) is 37.3 Å². The highest BCUT2D eigenvalue weighted by Crippen LogP contribution is 2.26. The number of nitrogens with zero attached hydrogens (tertiary/aromatic N) is 1. The summed E-state index contributed by atoms with van der Waals surface area (Å²) >= 11 is 0. The van der Waals surface area contributed by atoms with E-state index >= 15 is 0 Å². The van der Waals surface area contributed by atoms with E-state index in [1.54, 1.807) is 13.1 Å². The van der Waals surface area contributed by atoms with Gasteiger partial charge in [-0.05, 0) is 5.56 Å². The number of hydrogen-bond acceptors (Lipinski definition) is 4. The molecule has 3 N–H and O–H groups in total. The van der Waals surface area contributed by atoms with E-state index in [2.05, 4.69) is 9.97 Å². The van der Waals surface area contributed by atoms with Gasteiger partial charge in [-0.3, -0.25) is 4.79 Å². The average molecular weight is 304 g/mol. The fourth-order valence-corrected chi connectivity index (χ4v) is 2.40. The predicted octanol–water partition coefficient (Wildman–Crippen LogP) is 1.79. The van der Waals surface area contributed by atoms with Crippen LogP contribution in [0.1, 0.15) is 24.1 Å². The summed E-state index contributed by atoms with van der Waals surface area (Å²) in [5.74, 6) is -2.41. The van der Waals surface area contributed by atoms with Crippen LogP contribution in [0.3, 0.4) is 0 Å². The maximum atomic E-state index is 11.5. The van der Waals surface area contributed by atoms with E-state index in [4.69, 9.17) is 4.74 Å². The summed E-state index contributed by atoms with van der Waals surface area (Å²) < 4.78 is 5.44. The highest BCUT2D eigenvalue weighted by atomic mass is 16.5. The molecule has 0 aliphatic rings. The smallest absolute Gasteiger partial charge is 0.309 e. The molecule has 0 bridgehead atoms. The van der Waals surface area contributed by atoms with Crippen molar-refractivity contribution < 1.29 is 19.7 Å². The number of aromatic amines is 1. The van der Waals surface area contributed by atoms with Gasteiger partial charge in [0.05, 0.1) is 31.6 Å². The normalized spacial score (nSPS) is 15.2. The molecular weight excluding hydrogens is 284 g/mol. The molecule has 0 aliphatic carbocycles. The predicted molar refractivity (Wildman–Crippen MR) is 80.2 cm³/mol. The minimum atomic E-state index is -1.10. The molecule has 1 aromatic carbocycles. The minimum Gasteiger partial charge on any atom is -0.481 e. The van der Waals surface area contributed by atoms with Crippen molar-refractivity contribution >= 4 is 5.97 Å². The van der Waals surface area contributed by atoms with Gasteiger partial charge < -0.3 is 19.9 Å². The molecular formula is C16H20N2O4. The number of rotatable bonds is 8. The first-order chi connectivity index (χ1) is 10.6. The van der Waals surface area contributed by atoms with Crippen LogP contribution >= 0.6 is 0 Å². The standard InChI is InChI=1S/C16H20N2O4/c1-11(13-7-17-10-18-13)15(16(20)21)14(19)9-22-8-12-5-3-2-4-6-12/h2-7,10-11,14-15,19H,8-9H2,1H3,(H,17,18)(H,20,21). The van der Waals surface area contributed by atoms with Gasteiger partial charge in [-0.2, -0.15) is 0 Å². The Labute approximate surface area is 128 Å². The van der Waals surface area contributed by atoms with Crippen LogP contribution in [0.5, 0.6) is 0 Å². The SMILES string of the molecule is CC(c1cnc[nH]1)C(C(=O)O)C(O)COCc1ccccc1. The van der Waals surface area contributed by atoms with Crippen LogP contribution in [0.4, 0.5) is 0 Å². The summed E-state index contributed by atoms with van der Waals surface area (Å²) in [6.45, 7) is 2.04. The lowest BCUT2D eigenvalue weighted by atomic mass is 9.87. The van der Waals surface area contributed by atoms with Crippen LogP contribution in [0, 0.1) is 5.92 Å². The second-order valence-electron chi connectivity index (χ2n) is 5.23. The third-order valence-electron chi connectivity index (χ3n) is 3.65. The number of carboxylic acid groups (broad SMARTS) is 1. The van der Waals surface area contributed by atoms with Crippen LogP contribution in [-0.2, 0) is 16.1 Å². The number of carbonyl (C=O) groups is 1. The lowest BCUT2D eigenvalue weighted by Crippen LogP contribution is -2.35. The maximum Gasteiger partial charge on any atom is 0.309 e. The molecule has 0 spiro atoms. The molecule has 0 fully saturated rings. The van der Waals surface area contributed by atoms with Crippen molar-refractivity contribution in [1.82, 2.24) is 9.97 Å². The molecule has 0 aliphatic heterocycles. The Morgan fingerprint density at radius 1 is 1.36 bits per heavy atom. The summed E-state index contributed by atoms with van der Waals surface area (Å²) in [7, 11) is 0. The molecule has 3 atom stereocenters. The van der Waals surface area contributed by atoms with E-state index in [0.717, 1.165) is 5.56 Å². The largest absolute Gasteiger partial charge is 0.481 e. The zero-order valence-electron chi connectivity index (χ0n) is 12.3. The van der Waals surface area contributed by atoms with Gasteiger partial charge in [0.25, 0.3) is 0 Å². The molecule has 0 saturated heterocycles. The lowest BCUT2D eigenvalue weighted by Gasteiger charge is -2.24. The second kappa shape index (κ2) is 7.72. The van der Waals surface area contributed by atoms with Gasteiger partial charge in [0.1, 0.15) is 0 Å². The van der Waals surface area contributed by atoms with Crippen molar-refractivity contribution in [2.24, 2.45) is 5.92 Å². The zero-order chi connectivity index (χ0) is 15.9. The number of aliphatic hydroxyl groups is 1. The summed E-state index contributed by atoms with van der Waals surface area (Å²) in [6, 6.07) is 9.53. The fourth-order valence-electron chi connectivity index (χ4n) is 2.40. The number of aromatic nitrogens is 2. The van der Waals surface area contributed by atoms with Gasteiger partial charge in [0, 0.05) is 17.8 Å². The molecule has 2 aromatic rings. The van der Waals surface area contributed by atoms with E-state index < -0.39 is 23.9 Å². The minimum absolute atomic E-state index is 0.0374. The first kappa shape index (κ1) is 16.2. The Morgan fingerprint density at radius 3 is 2.68 bits per heavy atom. The Hall–Kier alpha value is -2.18. The Bertz CT molecular complexity index is 571. The number of ether oxygens (including phenoxy) is 1. The Balaban J connectivity index is 1.92. The Morgan fingerprint density at radius 2 is 2.09 bits per heavy atom. The molecule has 22 heavy (non-hydrogen) atoms. The summed E-state index contributed by atoms with van der Waals surface area (Å²) in [5, 5.41) is 19.6. The van der Waals surface area contributed by atoms with E-state index in [-0.39, 0.29) is 6.61 Å². The number of benzene rings is 1. The lowest BCUT2D eigenvalue weighted by molar-refractivity contribution is -0.148. The zero-order valence-corrected chi connectivity index (χ0v) is 12.3. The summed E-state index contributed by atoms with van der Waals surface area (Å²) in [5.41, 5.74) is 1.65. The molecule has 0 amide bonds. The topological polar surface area (TPSA) is 95.4 Å². The Kier molecular flexibility index (Phi) is 5.68. The highest BCUT2D eigenvalue weighted by molar-refractivity contribution is 5.72. The average Bonchev–Trinajstić information content (AvgIpc) is 3.02. The van der Waals surface area contributed by atoms with Crippen molar-refractivity contribution in [3.8, 4) is 0 Å². The van der Waals surface area contributed by atoms with Crippen LogP contribution in [0.15, 0.2) is 42.9 Å². The van der Waals surface area contributed by atoms with E-state index in [0.29, 0.717) is 12.3 Å². The molecule has 1 heterocycles. The van der Waals surface area contributed by atoms with E-state index in [1.165, 1.54) is 6.33 Å². The molecule has 0 saturated carbocycles. The number of H-pyrrole nitrogens is 1. The number of nitrogens with one attached hydrogen (secondary N) is 1. The molecule has 118 valence electrons. The maximum absolute atomic E-state index is 11.5. The number of aliphatic carboxylic acids is 1. The molecule has 2 rings (SSSR count). The fraction of sp³-hybridized carbons (Fsp3) is 0.375. The number of carboxylic acids is 1. The van der Waals surface area contributed by atoms with Crippen LogP contribution in [-0.4, -0.2) is 38.9 Å². The molecule has 1 aromatic heterocycles. The van der Waals surface area contributed by atoms with Crippen molar-refractivity contribution in [2.45, 2.75) is 25.6 Å².